The summed E-state index contributed by atoms with van der Waals surface area (Å²) in [7, 11) is 0. The SMILES string of the molecule is CC(=O)NC[C@@H]1CC(c2ccc(Oc3ccc(CO)cc3)c(F)c2)C(=O)N1. The topological polar surface area (TPSA) is 87.7 Å². The predicted octanol–water partition coefficient (Wildman–Crippen LogP) is 2.22. The van der Waals surface area contributed by atoms with E-state index in [1.165, 1.54) is 19.1 Å². The maximum absolute atomic E-state index is 14.5. The first-order chi connectivity index (χ1) is 13.0. The van der Waals surface area contributed by atoms with Crippen molar-refractivity contribution in [3.8, 4) is 11.5 Å². The van der Waals surface area contributed by atoms with Gasteiger partial charge < -0.3 is 20.5 Å². The molecular weight excluding hydrogens is 351 g/mol. The first-order valence-corrected chi connectivity index (χ1v) is 8.68. The van der Waals surface area contributed by atoms with Crippen LogP contribution in [-0.2, 0) is 16.2 Å². The zero-order chi connectivity index (χ0) is 19.4. The highest BCUT2D eigenvalue weighted by atomic mass is 19.1. The normalized spacial score (nSPS) is 18.9. The van der Waals surface area contributed by atoms with Gasteiger partial charge in [0.15, 0.2) is 11.6 Å². The summed E-state index contributed by atoms with van der Waals surface area (Å²) in [6.45, 7) is 1.69. The molecule has 1 heterocycles. The van der Waals surface area contributed by atoms with E-state index in [0.717, 1.165) is 5.56 Å². The van der Waals surface area contributed by atoms with Gasteiger partial charge >= 0.3 is 0 Å². The number of ether oxygens (including phenoxy) is 1. The molecule has 6 nitrogen and oxygen atoms in total. The maximum Gasteiger partial charge on any atom is 0.227 e. The van der Waals surface area contributed by atoms with Crippen LogP contribution in [0.25, 0.3) is 0 Å². The second-order valence-corrected chi connectivity index (χ2v) is 6.52. The van der Waals surface area contributed by atoms with Crippen LogP contribution in [0, 0.1) is 5.82 Å². The van der Waals surface area contributed by atoms with Crippen LogP contribution in [0.15, 0.2) is 42.5 Å². The van der Waals surface area contributed by atoms with Gasteiger partial charge in [-0.3, -0.25) is 9.59 Å². The first kappa shape index (κ1) is 18.8. The molecule has 1 saturated heterocycles. The average molecular weight is 372 g/mol. The molecule has 27 heavy (non-hydrogen) atoms. The highest BCUT2D eigenvalue weighted by molar-refractivity contribution is 5.86. The summed E-state index contributed by atoms with van der Waals surface area (Å²) in [4.78, 5) is 23.2. The number of hydrogen-bond acceptors (Lipinski definition) is 4. The number of carbonyl (C=O) groups is 2. The van der Waals surface area contributed by atoms with Gasteiger partial charge in [-0.15, -0.1) is 0 Å². The molecule has 1 aliphatic heterocycles. The molecule has 0 aromatic heterocycles. The maximum atomic E-state index is 14.5. The summed E-state index contributed by atoms with van der Waals surface area (Å²) < 4.78 is 20.0. The summed E-state index contributed by atoms with van der Waals surface area (Å²) >= 11 is 0. The van der Waals surface area contributed by atoms with Crippen LogP contribution in [-0.4, -0.2) is 29.5 Å². The fourth-order valence-corrected chi connectivity index (χ4v) is 3.05. The fourth-order valence-electron chi connectivity index (χ4n) is 3.05. The van der Waals surface area contributed by atoms with Gasteiger partial charge in [0, 0.05) is 19.5 Å². The molecule has 0 radical (unpaired) electrons. The van der Waals surface area contributed by atoms with Gasteiger partial charge in [0.1, 0.15) is 5.75 Å². The number of nitrogens with one attached hydrogen (secondary N) is 2. The van der Waals surface area contributed by atoms with Crippen LogP contribution in [0.5, 0.6) is 11.5 Å². The molecule has 3 rings (SSSR count). The lowest BCUT2D eigenvalue weighted by atomic mass is 9.95. The zero-order valence-electron chi connectivity index (χ0n) is 14.9. The van der Waals surface area contributed by atoms with Crippen molar-refractivity contribution in [2.24, 2.45) is 0 Å². The number of hydrogen-bond donors (Lipinski definition) is 3. The molecule has 1 fully saturated rings. The minimum Gasteiger partial charge on any atom is -0.454 e. The van der Waals surface area contributed by atoms with Gasteiger partial charge in [0.25, 0.3) is 0 Å². The van der Waals surface area contributed by atoms with Gasteiger partial charge in [-0.2, -0.15) is 0 Å². The van der Waals surface area contributed by atoms with E-state index in [9.17, 15) is 14.0 Å². The summed E-state index contributed by atoms with van der Waals surface area (Å²) in [5, 5.41) is 14.5. The van der Waals surface area contributed by atoms with E-state index in [-0.39, 0.29) is 30.2 Å². The number of amides is 2. The molecule has 142 valence electrons. The monoisotopic (exact) mass is 372 g/mol. The lowest BCUT2D eigenvalue weighted by Crippen LogP contribution is -2.37. The molecule has 1 aliphatic rings. The van der Waals surface area contributed by atoms with E-state index in [1.807, 2.05) is 0 Å². The van der Waals surface area contributed by atoms with Crippen molar-refractivity contribution in [2.45, 2.75) is 31.9 Å². The van der Waals surface area contributed by atoms with Crippen LogP contribution in [0.4, 0.5) is 4.39 Å². The number of halogens is 1. The van der Waals surface area contributed by atoms with Crippen LogP contribution in [0.2, 0.25) is 0 Å². The number of carbonyl (C=O) groups excluding carboxylic acids is 2. The molecule has 2 aromatic carbocycles. The molecule has 3 N–H and O–H groups in total. The summed E-state index contributed by atoms with van der Waals surface area (Å²) in [5.41, 5.74) is 1.30. The van der Waals surface area contributed by atoms with Crippen LogP contribution in [0.3, 0.4) is 0 Å². The Labute approximate surface area is 156 Å². The van der Waals surface area contributed by atoms with E-state index in [4.69, 9.17) is 9.84 Å². The smallest absolute Gasteiger partial charge is 0.227 e. The predicted molar refractivity (Wildman–Crippen MR) is 96.8 cm³/mol. The standard InChI is InChI=1S/C20H21FN2O4/c1-12(25)22-10-15-9-17(20(26)23-15)14-4-7-19(18(21)8-14)27-16-5-2-13(11-24)3-6-16/h2-8,15,17,24H,9-11H2,1H3,(H,22,25)(H,23,26)/t15-,17?/m0/s1. The Balaban J connectivity index is 1.68. The van der Waals surface area contributed by atoms with Crippen molar-refractivity contribution in [3.05, 3.63) is 59.4 Å². The van der Waals surface area contributed by atoms with Crippen molar-refractivity contribution in [1.29, 1.82) is 0 Å². The van der Waals surface area contributed by atoms with Gasteiger partial charge in [-0.05, 0) is 41.8 Å². The van der Waals surface area contributed by atoms with Gasteiger partial charge in [0.05, 0.1) is 12.5 Å². The summed E-state index contributed by atoms with van der Waals surface area (Å²) in [6, 6.07) is 11.0. The van der Waals surface area contributed by atoms with E-state index in [1.54, 1.807) is 30.3 Å². The third kappa shape index (κ3) is 4.62. The van der Waals surface area contributed by atoms with E-state index >= 15 is 0 Å². The van der Waals surface area contributed by atoms with Crippen molar-refractivity contribution in [1.82, 2.24) is 10.6 Å². The molecule has 1 unspecified atom stereocenters. The van der Waals surface area contributed by atoms with Gasteiger partial charge in [0.2, 0.25) is 11.8 Å². The Hall–Kier alpha value is -2.93. The number of rotatable bonds is 6. The second kappa shape index (κ2) is 8.18. The molecule has 7 heteroatoms. The highest BCUT2D eigenvalue weighted by Gasteiger charge is 2.33. The Bertz CT molecular complexity index is 838. The fraction of sp³-hybridized carbons (Fsp3) is 0.300. The average Bonchev–Trinajstić information content (AvgIpc) is 3.03. The number of benzene rings is 2. The lowest BCUT2D eigenvalue weighted by Gasteiger charge is -2.12. The molecule has 2 amide bonds. The van der Waals surface area contributed by atoms with Gasteiger partial charge in [-0.25, -0.2) is 4.39 Å². The Morgan fingerprint density at radius 3 is 2.67 bits per heavy atom. The molecular formula is C20H21FN2O4. The first-order valence-electron chi connectivity index (χ1n) is 8.68. The molecule has 0 bridgehead atoms. The minimum atomic E-state index is -0.558. The van der Waals surface area contributed by atoms with E-state index in [0.29, 0.717) is 24.3 Å². The quantitative estimate of drug-likeness (QED) is 0.726. The Morgan fingerprint density at radius 2 is 2.04 bits per heavy atom. The molecule has 0 spiro atoms. The zero-order valence-corrected chi connectivity index (χ0v) is 14.9. The lowest BCUT2D eigenvalue weighted by molar-refractivity contribution is -0.121. The second-order valence-electron chi connectivity index (χ2n) is 6.52. The highest BCUT2D eigenvalue weighted by Crippen LogP contribution is 2.31. The summed E-state index contributed by atoms with van der Waals surface area (Å²) in [5.74, 6) is -0.852. The largest absolute Gasteiger partial charge is 0.454 e. The molecule has 0 aliphatic carbocycles. The third-order valence-electron chi connectivity index (χ3n) is 4.47. The van der Waals surface area contributed by atoms with E-state index in [2.05, 4.69) is 10.6 Å². The molecule has 0 saturated carbocycles. The van der Waals surface area contributed by atoms with Crippen LogP contribution in [0.1, 0.15) is 30.4 Å². The Kier molecular flexibility index (Phi) is 5.71. The van der Waals surface area contributed by atoms with Crippen molar-refractivity contribution in [3.63, 3.8) is 0 Å². The van der Waals surface area contributed by atoms with Crippen molar-refractivity contribution < 1.29 is 23.8 Å². The minimum absolute atomic E-state index is 0.0590. The van der Waals surface area contributed by atoms with Crippen LogP contribution < -0.4 is 15.4 Å². The van der Waals surface area contributed by atoms with Crippen LogP contribution >= 0.6 is 0 Å². The molecule has 2 atom stereocenters. The summed E-state index contributed by atoms with van der Waals surface area (Å²) in [6.07, 6.45) is 0.487. The van der Waals surface area contributed by atoms with Gasteiger partial charge in [-0.1, -0.05) is 18.2 Å². The molecule has 2 aromatic rings. The Morgan fingerprint density at radius 1 is 1.30 bits per heavy atom. The third-order valence-corrected chi connectivity index (χ3v) is 4.47. The van der Waals surface area contributed by atoms with E-state index < -0.39 is 11.7 Å². The number of aliphatic hydroxyl groups excluding tert-OH is 1. The number of aliphatic hydroxyl groups is 1. The van der Waals surface area contributed by atoms with Crippen molar-refractivity contribution >= 4 is 11.8 Å². The van der Waals surface area contributed by atoms with Crippen molar-refractivity contribution in [2.75, 3.05) is 6.54 Å².